The second-order valence-corrected chi connectivity index (χ2v) is 7.89. The Morgan fingerprint density at radius 2 is 2.00 bits per heavy atom. The van der Waals surface area contributed by atoms with Crippen LogP contribution in [0.15, 0.2) is 6.07 Å². The number of hydrogen-bond donors (Lipinski definition) is 1. The molecule has 0 saturated heterocycles. The van der Waals surface area contributed by atoms with E-state index in [1.807, 2.05) is 13.8 Å². The third kappa shape index (κ3) is 4.01. The molecule has 0 aliphatic heterocycles. The number of aromatic nitrogens is 2. The van der Waals surface area contributed by atoms with E-state index in [0.717, 1.165) is 12.3 Å². The minimum Gasteiger partial charge on any atom is -0.266 e. The molecule has 2 rings (SSSR count). The molecule has 9 heteroatoms. The molecule has 0 aromatic carbocycles. The van der Waals surface area contributed by atoms with Gasteiger partial charge in [0.2, 0.25) is 10.0 Å². The van der Waals surface area contributed by atoms with Gasteiger partial charge < -0.3 is 0 Å². The van der Waals surface area contributed by atoms with Gasteiger partial charge in [-0.25, -0.2) is 13.1 Å². The van der Waals surface area contributed by atoms with Crippen molar-refractivity contribution in [1.82, 2.24) is 14.5 Å². The van der Waals surface area contributed by atoms with Gasteiger partial charge in [0.1, 0.15) is 0 Å². The summed E-state index contributed by atoms with van der Waals surface area (Å²) in [6.07, 6.45) is -1.75. The van der Waals surface area contributed by atoms with Gasteiger partial charge in [-0.1, -0.05) is 13.8 Å². The fourth-order valence-electron chi connectivity index (χ4n) is 2.86. The van der Waals surface area contributed by atoms with Crippen LogP contribution in [-0.4, -0.2) is 30.5 Å². The molecular formula is C13H20F3N3O2S. The van der Waals surface area contributed by atoms with Crippen LogP contribution in [0.25, 0.3) is 0 Å². The highest BCUT2D eigenvalue weighted by Gasteiger charge is 2.37. The Labute approximate surface area is 127 Å². The maximum absolute atomic E-state index is 12.9. The maximum Gasteiger partial charge on any atom is 0.435 e. The zero-order valence-electron chi connectivity index (χ0n) is 12.7. The summed E-state index contributed by atoms with van der Waals surface area (Å²) < 4.78 is 65.0. The first-order valence-corrected chi connectivity index (χ1v) is 9.00. The predicted molar refractivity (Wildman–Crippen MR) is 76.0 cm³/mol. The van der Waals surface area contributed by atoms with Gasteiger partial charge in [0.15, 0.2) is 5.69 Å². The summed E-state index contributed by atoms with van der Waals surface area (Å²) in [4.78, 5) is 0. The molecule has 0 amide bonds. The first-order chi connectivity index (χ1) is 9.97. The van der Waals surface area contributed by atoms with E-state index in [1.165, 1.54) is 4.68 Å². The van der Waals surface area contributed by atoms with Gasteiger partial charge in [-0.05, 0) is 31.2 Å². The second-order valence-electron chi connectivity index (χ2n) is 6.11. The van der Waals surface area contributed by atoms with Crippen molar-refractivity contribution in [1.29, 1.82) is 0 Å². The van der Waals surface area contributed by atoms with E-state index in [4.69, 9.17) is 0 Å². The molecule has 126 valence electrons. The van der Waals surface area contributed by atoms with E-state index >= 15 is 0 Å². The first-order valence-electron chi connectivity index (χ1n) is 7.11. The maximum atomic E-state index is 12.9. The van der Waals surface area contributed by atoms with Crippen LogP contribution in [0, 0.1) is 0 Å². The molecule has 1 N–H and O–H groups in total. The first kappa shape index (κ1) is 17.3. The molecule has 1 heterocycles. The summed E-state index contributed by atoms with van der Waals surface area (Å²) in [5.41, 5.74) is -0.368. The molecule has 1 saturated carbocycles. The van der Waals surface area contributed by atoms with Crippen LogP contribution in [0.4, 0.5) is 13.2 Å². The molecule has 2 unspecified atom stereocenters. The Balaban J connectivity index is 2.24. The van der Waals surface area contributed by atoms with Gasteiger partial charge in [-0.15, -0.1) is 0 Å². The number of nitrogens with zero attached hydrogens (tertiary/aromatic N) is 2. The summed E-state index contributed by atoms with van der Waals surface area (Å²) >= 11 is 0. The van der Waals surface area contributed by atoms with E-state index in [-0.39, 0.29) is 18.0 Å². The van der Waals surface area contributed by atoms with Crippen LogP contribution in [0.1, 0.15) is 56.5 Å². The third-order valence-electron chi connectivity index (χ3n) is 3.78. The van der Waals surface area contributed by atoms with Gasteiger partial charge in [0, 0.05) is 11.7 Å². The normalized spacial score (nSPS) is 23.4. The van der Waals surface area contributed by atoms with Crippen molar-refractivity contribution in [2.75, 3.05) is 6.26 Å². The molecule has 1 aromatic heterocycles. The highest BCUT2D eigenvalue weighted by atomic mass is 32.2. The Morgan fingerprint density at radius 1 is 1.36 bits per heavy atom. The molecule has 0 bridgehead atoms. The summed E-state index contributed by atoms with van der Waals surface area (Å²) in [6, 6.07) is 0.619. The van der Waals surface area contributed by atoms with Crippen molar-refractivity contribution < 1.29 is 21.6 Å². The second kappa shape index (κ2) is 5.84. The largest absolute Gasteiger partial charge is 0.435 e. The average molecular weight is 339 g/mol. The Morgan fingerprint density at radius 3 is 2.50 bits per heavy atom. The summed E-state index contributed by atoms with van der Waals surface area (Å²) in [6.45, 7) is 3.63. The zero-order chi connectivity index (χ0) is 16.7. The number of rotatable bonds is 4. The lowest BCUT2D eigenvalue weighted by Gasteiger charge is -2.17. The van der Waals surface area contributed by atoms with Crippen molar-refractivity contribution >= 4 is 10.0 Å². The molecule has 22 heavy (non-hydrogen) atoms. The number of hydrogen-bond acceptors (Lipinski definition) is 3. The minimum atomic E-state index is -4.47. The van der Waals surface area contributed by atoms with E-state index in [0.29, 0.717) is 25.0 Å². The zero-order valence-corrected chi connectivity index (χ0v) is 13.5. The van der Waals surface area contributed by atoms with Crippen molar-refractivity contribution in [2.24, 2.45) is 0 Å². The van der Waals surface area contributed by atoms with Crippen LogP contribution in [0.5, 0.6) is 0 Å². The van der Waals surface area contributed by atoms with Crippen molar-refractivity contribution in [3.05, 3.63) is 17.5 Å². The predicted octanol–water partition coefficient (Wildman–Crippen LogP) is 2.67. The minimum absolute atomic E-state index is 0.0921. The molecule has 2 atom stereocenters. The van der Waals surface area contributed by atoms with Crippen LogP contribution >= 0.6 is 0 Å². The van der Waals surface area contributed by atoms with E-state index in [9.17, 15) is 21.6 Å². The fourth-order valence-corrected chi connectivity index (χ4v) is 3.68. The Hall–Kier alpha value is -1.09. The van der Waals surface area contributed by atoms with Gasteiger partial charge >= 0.3 is 6.18 Å². The van der Waals surface area contributed by atoms with Crippen molar-refractivity contribution in [3.63, 3.8) is 0 Å². The molecule has 0 radical (unpaired) electrons. The molecule has 1 fully saturated rings. The van der Waals surface area contributed by atoms with Crippen molar-refractivity contribution in [2.45, 2.75) is 57.3 Å². The van der Waals surface area contributed by atoms with Gasteiger partial charge in [-0.2, -0.15) is 18.3 Å². The smallest absolute Gasteiger partial charge is 0.266 e. The number of halogens is 3. The SMILES string of the molecule is CC(C)c1cc(C(F)(F)F)nn1C1CCC(NS(C)(=O)=O)C1. The summed E-state index contributed by atoms with van der Waals surface area (Å²) in [7, 11) is -3.32. The quantitative estimate of drug-likeness (QED) is 0.917. The van der Waals surface area contributed by atoms with Crippen molar-refractivity contribution in [3.8, 4) is 0 Å². The van der Waals surface area contributed by atoms with Crippen LogP contribution < -0.4 is 4.72 Å². The van der Waals surface area contributed by atoms with Gasteiger partial charge in [0.05, 0.1) is 12.3 Å². The lowest BCUT2D eigenvalue weighted by Crippen LogP contribution is -2.32. The van der Waals surface area contributed by atoms with Gasteiger partial charge in [0.25, 0.3) is 0 Å². The van der Waals surface area contributed by atoms with Crippen LogP contribution in [0.2, 0.25) is 0 Å². The monoisotopic (exact) mass is 339 g/mol. The van der Waals surface area contributed by atoms with Crippen LogP contribution in [0.3, 0.4) is 0 Å². The number of nitrogens with one attached hydrogen (secondary N) is 1. The third-order valence-corrected chi connectivity index (χ3v) is 4.54. The summed E-state index contributed by atoms with van der Waals surface area (Å²) in [5, 5.41) is 3.73. The van der Waals surface area contributed by atoms with E-state index in [2.05, 4.69) is 9.82 Å². The Bertz CT molecular complexity index is 637. The standard InChI is InChI=1S/C13H20F3N3O2S/c1-8(2)11-7-12(13(14,15)16)17-19(11)10-5-4-9(6-10)18-22(3,20)21/h7-10,18H,4-6H2,1-3H3. The van der Waals surface area contributed by atoms with Crippen LogP contribution in [-0.2, 0) is 16.2 Å². The highest BCUT2D eigenvalue weighted by Crippen LogP contribution is 2.36. The van der Waals surface area contributed by atoms with E-state index < -0.39 is 21.9 Å². The summed E-state index contributed by atoms with van der Waals surface area (Å²) in [5.74, 6) is -0.0921. The van der Waals surface area contributed by atoms with E-state index in [1.54, 1.807) is 0 Å². The number of sulfonamides is 1. The molecular weight excluding hydrogens is 319 g/mol. The molecule has 1 aromatic rings. The molecule has 1 aliphatic carbocycles. The average Bonchev–Trinajstić information content (AvgIpc) is 2.90. The lowest BCUT2D eigenvalue weighted by molar-refractivity contribution is -0.141. The molecule has 5 nitrogen and oxygen atoms in total. The van der Waals surface area contributed by atoms with Gasteiger partial charge in [-0.3, -0.25) is 4.68 Å². The lowest BCUT2D eigenvalue weighted by atomic mass is 10.1. The fraction of sp³-hybridized carbons (Fsp3) is 0.769. The highest BCUT2D eigenvalue weighted by molar-refractivity contribution is 7.88. The number of alkyl halides is 3. The molecule has 0 spiro atoms. The Kier molecular flexibility index (Phi) is 4.59. The topological polar surface area (TPSA) is 64.0 Å². The molecule has 1 aliphatic rings.